The number of carbonyl (C=O) groups is 1. The summed E-state index contributed by atoms with van der Waals surface area (Å²) in [6, 6.07) is 1.55. The fraction of sp³-hybridized carbons (Fsp3) is 0.520. The molecule has 0 spiro atoms. The van der Waals surface area contributed by atoms with Crippen LogP contribution in [0.15, 0.2) is 53.3 Å². The van der Waals surface area contributed by atoms with E-state index in [1.807, 2.05) is 26.2 Å². The van der Waals surface area contributed by atoms with Crippen molar-refractivity contribution in [2.75, 3.05) is 20.3 Å². The molecule has 0 bridgehead atoms. The van der Waals surface area contributed by atoms with Crippen LogP contribution in [0.25, 0.3) is 5.69 Å². The molecule has 1 N–H and O–H groups in total. The van der Waals surface area contributed by atoms with E-state index in [4.69, 9.17) is 9.47 Å². The first-order valence-electron chi connectivity index (χ1n) is 11.8. The largest absolute Gasteiger partial charge is 0.462 e. The zero-order valence-electron chi connectivity index (χ0n) is 20.1. The van der Waals surface area contributed by atoms with Crippen LogP contribution in [0.5, 0.6) is 0 Å². The van der Waals surface area contributed by atoms with Crippen molar-refractivity contribution < 1.29 is 14.3 Å². The Labute approximate surface area is 199 Å². The van der Waals surface area contributed by atoms with Crippen molar-refractivity contribution in [3.05, 3.63) is 64.4 Å². The lowest BCUT2D eigenvalue weighted by molar-refractivity contribution is -0.161. The lowest BCUT2D eigenvalue weighted by Crippen LogP contribution is -2.50. The number of aryl methyl sites for hydroxylation is 1. The standard InChI is InChI=1S/C25H33N5O4/c1-25(26-2,24(32)34-17-21-9-12-33-21)10-7-18-5-4-6-19(13-18)14-22-23(31)8-11-30(28-22)20-15-27-29(3)16-20/h4-6,8,11,15-16,18,21,26H,7,9-10,12-14,17H2,1-3H3. The third-order valence-corrected chi connectivity index (χ3v) is 6.68. The summed E-state index contributed by atoms with van der Waals surface area (Å²) in [6.45, 7) is 2.94. The predicted octanol–water partition coefficient (Wildman–Crippen LogP) is 2.10. The lowest BCUT2D eigenvalue weighted by Gasteiger charge is -2.31. The normalized spacial score (nSPS) is 21.4. The summed E-state index contributed by atoms with van der Waals surface area (Å²) >= 11 is 0. The van der Waals surface area contributed by atoms with Crippen molar-refractivity contribution in [3.63, 3.8) is 0 Å². The van der Waals surface area contributed by atoms with Gasteiger partial charge in [-0.3, -0.25) is 14.3 Å². The average molecular weight is 468 g/mol. The molecule has 9 heteroatoms. The van der Waals surface area contributed by atoms with Gasteiger partial charge in [0.05, 0.1) is 18.5 Å². The fourth-order valence-corrected chi connectivity index (χ4v) is 4.15. The number of hydrogen-bond acceptors (Lipinski definition) is 7. The third-order valence-electron chi connectivity index (χ3n) is 6.68. The first-order chi connectivity index (χ1) is 16.4. The second kappa shape index (κ2) is 10.5. The van der Waals surface area contributed by atoms with Gasteiger partial charge >= 0.3 is 5.97 Å². The molecule has 2 aliphatic rings. The van der Waals surface area contributed by atoms with E-state index in [1.54, 1.807) is 34.9 Å². The minimum Gasteiger partial charge on any atom is -0.462 e. The van der Waals surface area contributed by atoms with Crippen LogP contribution in [-0.2, 0) is 27.7 Å². The molecule has 2 aromatic rings. The highest BCUT2D eigenvalue weighted by molar-refractivity contribution is 5.80. The molecule has 3 atom stereocenters. The van der Waals surface area contributed by atoms with Crippen molar-refractivity contribution in [2.45, 2.75) is 50.7 Å². The van der Waals surface area contributed by atoms with E-state index in [-0.39, 0.29) is 23.4 Å². The molecule has 0 saturated carbocycles. The molecule has 3 unspecified atom stereocenters. The summed E-state index contributed by atoms with van der Waals surface area (Å²) in [7, 11) is 3.63. The van der Waals surface area contributed by atoms with Crippen molar-refractivity contribution in [1.82, 2.24) is 24.9 Å². The van der Waals surface area contributed by atoms with Gasteiger partial charge in [-0.25, -0.2) is 4.68 Å². The summed E-state index contributed by atoms with van der Waals surface area (Å²) < 4.78 is 14.2. The maximum Gasteiger partial charge on any atom is 0.326 e. The van der Waals surface area contributed by atoms with Crippen LogP contribution in [0.3, 0.4) is 0 Å². The monoisotopic (exact) mass is 467 g/mol. The summed E-state index contributed by atoms with van der Waals surface area (Å²) in [5.74, 6) is 0.0326. The Hall–Kier alpha value is -3.04. The number of allylic oxidation sites excluding steroid dienone is 4. The van der Waals surface area contributed by atoms with Crippen LogP contribution in [0, 0.1) is 5.92 Å². The molecule has 0 aromatic carbocycles. The Kier molecular flexibility index (Phi) is 7.43. The van der Waals surface area contributed by atoms with E-state index in [2.05, 4.69) is 27.7 Å². The van der Waals surface area contributed by atoms with Gasteiger partial charge < -0.3 is 14.8 Å². The third kappa shape index (κ3) is 5.71. The number of esters is 1. The maximum absolute atomic E-state index is 12.7. The molecule has 1 aliphatic heterocycles. The fourth-order valence-electron chi connectivity index (χ4n) is 4.15. The molecule has 4 rings (SSSR count). The van der Waals surface area contributed by atoms with Gasteiger partial charge in [-0.2, -0.15) is 10.2 Å². The summed E-state index contributed by atoms with van der Waals surface area (Å²) in [5, 5.41) is 11.9. The second-order valence-corrected chi connectivity index (χ2v) is 9.29. The number of ether oxygens (including phenoxy) is 2. The Morgan fingerprint density at radius 1 is 1.41 bits per heavy atom. The number of nitrogens with one attached hydrogen (secondary N) is 1. The quantitative estimate of drug-likeness (QED) is 0.534. The van der Waals surface area contributed by atoms with E-state index < -0.39 is 5.54 Å². The number of rotatable bonds is 10. The number of nitrogens with zero attached hydrogens (tertiary/aromatic N) is 4. The second-order valence-electron chi connectivity index (χ2n) is 9.29. The van der Waals surface area contributed by atoms with Crippen LogP contribution < -0.4 is 10.7 Å². The minimum absolute atomic E-state index is 0.0355. The molecule has 1 saturated heterocycles. The molecule has 3 heterocycles. The summed E-state index contributed by atoms with van der Waals surface area (Å²) in [5.41, 5.74) is 1.64. The number of aromatic nitrogens is 4. The molecule has 0 radical (unpaired) electrons. The van der Waals surface area contributed by atoms with Crippen molar-refractivity contribution >= 4 is 5.97 Å². The van der Waals surface area contributed by atoms with E-state index >= 15 is 0 Å². The summed E-state index contributed by atoms with van der Waals surface area (Å²) in [6.07, 6.45) is 15.2. The molecule has 1 aliphatic carbocycles. The van der Waals surface area contributed by atoms with E-state index in [1.165, 1.54) is 0 Å². The van der Waals surface area contributed by atoms with Gasteiger partial charge in [-0.15, -0.1) is 0 Å². The zero-order valence-corrected chi connectivity index (χ0v) is 20.1. The summed E-state index contributed by atoms with van der Waals surface area (Å²) in [4.78, 5) is 25.1. The predicted molar refractivity (Wildman–Crippen MR) is 128 cm³/mol. The minimum atomic E-state index is -0.753. The van der Waals surface area contributed by atoms with Gasteiger partial charge in [0.1, 0.15) is 23.5 Å². The average Bonchev–Trinajstić information content (AvgIpc) is 3.24. The van der Waals surface area contributed by atoms with Crippen molar-refractivity contribution in [2.24, 2.45) is 13.0 Å². The van der Waals surface area contributed by atoms with Gasteiger partial charge in [0.25, 0.3) is 0 Å². The lowest BCUT2D eigenvalue weighted by atomic mass is 9.84. The molecular weight excluding hydrogens is 434 g/mol. The molecule has 34 heavy (non-hydrogen) atoms. The van der Waals surface area contributed by atoms with E-state index in [9.17, 15) is 9.59 Å². The van der Waals surface area contributed by atoms with Crippen LogP contribution in [-0.4, -0.2) is 57.4 Å². The van der Waals surface area contributed by atoms with Gasteiger partial charge in [-0.05, 0) is 39.2 Å². The van der Waals surface area contributed by atoms with Crippen LogP contribution >= 0.6 is 0 Å². The molecule has 0 amide bonds. The van der Waals surface area contributed by atoms with Crippen LogP contribution in [0.4, 0.5) is 0 Å². The first-order valence-corrected chi connectivity index (χ1v) is 11.8. The smallest absolute Gasteiger partial charge is 0.326 e. The topological polar surface area (TPSA) is 100 Å². The molecule has 2 aromatic heterocycles. The van der Waals surface area contributed by atoms with Crippen molar-refractivity contribution in [1.29, 1.82) is 0 Å². The Morgan fingerprint density at radius 2 is 2.24 bits per heavy atom. The Morgan fingerprint density at radius 3 is 2.91 bits per heavy atom. The van der Waals surface area contributed by atoms with Gasteiger partial charge in [-0.1, -0.05) is 23.8 Å². The van der Waals surface area contributed by atoms with E-state index in [0.717, 1.165) is 37.1 Å². The highest BCUT2D eigenvalue weighted by Gasteiger charge is 2.34. The van der Waals surface area contributed by atoms with Gasteiger partial charge in [0, 0.05) is 38.8 Å². The van der Waals surface area contributed by atoms with E-state index in [0.29, 0.717) is 25.1 Å². The van der Waals surface area contributed by atoms with Crippen molar-refractivity contribution in [3.8, 4) is 5.69 Å². The number of likely N-dealkylation sites (N-methyl/N-ethyl adjacent to an activating group) is 1. The Bertz CT molecular complexity index is 1130. The zero-order chi connectivity index (χ0) is 24.1. The number of hydrogen-bond donors (Lipinski definition) is 1. The molecule has 182 valence electrons. The Balaban J connectivity index is 1.34. The highest BCUT2D eigenvalue weighted by Crippen LogP contribution is 2.28. The maximum atomic E-state index is 12.7. The van der Waals surface area contributed by atoms with Crippen LogP contribution in [0.2, 0.25) is 0 Å². The van der Waals surface area contributed by atoms with Crippen LogP contribution in [0.1, 0.15) is 38.3 Å². The van der Waals surface area contributed by atoms with Gasteiger partial charge in [0.15, 0.2) is 0 Å². The molecular formula is C25H33N5O4. The number of carbonyl (C=O) groups excluding carboxylic acids is 1. The molecule has 9 nitrogen and oxygen atoms in total. The SMILES string of the molecule is CNC(C)(CCC1C=CC=C(Cc2nn(-c3cnn(C)c3)ccc2=O)C1)C(=O)OCC1CCO1. The van der Waals surface area contributed by atoms with Gasteiger partial charge in [0.2, 0.25) is 5.43 Å². The first kappa shape index (κ1) is 24.1. The highest BCUT2D eigenvalue weighted by atomic mass is 16.6. The molecule has 1 fully saturated rings.